The molecule has 0 bridgehead atoms. The molecule has 1 aromatic carbocycles. The van der Waals surface area contributed by atoms with Crippen LogP contribution in [0.15, 0.2) is 41.0 Å². The van der Waals surface area contributed by atoms with E-state index in [0.29, 0.717) is 0 Å². The molecular formula is C16H22N2O. The molecule has 1 N–H and O–H groups in total. The molecule has 3 nitrogen and oxygen atoms in total. The fourth-order valence-corrected chi connectivity index (χ4v) is 2.06. The first-order valence-electron chi connectivity index (χ1n) is 6.74. The van der Waals surface area contributed by atoms with Crippen molar-refractivity contribution in [3.05, 3.63) is 53.5 Å². The zero-order valence-corrected chi connectivity index (χ0v) is 11.9. The summed E-state index contributed by atoms with van der Waals surface area (Å²) in [7, 11) is 2.10. The third-order valence-electron chi connectivity index (χ3n) is 3.33. The number of hydrogen-bond acceptors (Lipinski definition) is 3. The molecule has 0 unspecified atom stereocenters. The molecule has 0 atom stereocenters. The van der Waals surface area contributed by atoms with Gasteiger partial charge in [0.05, 0.1) is 6.26 Å². The zero-order chi connectivity index (χ0) is 13.7. The number of benzene rings is 1. The van der Waals surface area contributed by atoms with Crippen LogP contribution in [0.4, 0.5) is 5.69 Å². The molecule has 2 aromatic rings. The van der Waals surface area contributed by atoms with Gasteiger partial charge in [-0.3, -0.25) is 0 Å². The molecule has 1 heterocycles. The lowest BCUT2D eigenvalue weighted by Crippen LogP contribution is -2.16. The van der Waals surface area contributed by atoms with Crippen molar-refractivity contribution in [2.75, 3.05) is 18.5 Å². The van der Waals surface area contributed by atoms with Gasteiger partial charge in [-0.1, -0.05) is 19.1 Å². The normalized spacial score (nSPS) is 10.7. The van der Waals surface area contributed by atoms with Crippen LogP contribution in [0.25, 0.3) is 0 Å². The second kappa shape index (κ2) is 6.43. The van der Waals surface area contributed by atoms with Crippen LogP contribution in [-0.4, -0.2) is 13.6 Å². The summed E-state index contributed by atoms with van der Waals surface area (Å²) < 4.78 is 5.33. The Morgan fingerprint density at radius 2 is 1.89 bits per heavy atom. The minimum Gasteiger partial charge on any atom is -0.469 e. The molecule has 0 spiro atoms. The van der Waals surface area contributed by atoms with Gasteiger partial charge in [0.1, 0.15) is 5.76 Å². The second-order valence-electron chi connectivity index (χ2n) is 4.80. The summed E-state index contributed by atoms with van der Waals surface area (Å²) in [5.41, 5.74) is 3.78. The van der Waals surface area contributed by atoms with Gasteiger partial charge in [0.2, 0.25) is 0 Å². The topological polar surface area (TPSA) is 28.4 Å². The molecule has 0 saturated heterocycles. The molecule has 0 aliphatic rings. The number of rotatable bonds is 6. The SMILES string of the molecule is CCNCc1ccc(N(C)Cc2ccoc2C)cc1. The molecule has 0 radical (unpaired) electrons. The van der Waals surface area contributed by atoms with E-state index in [4.69, 9.17) is 4.42 Å². The highest BCUT2D eigenvalue weighted by molar-refractivity contribution is 5.47. The Labute approximate surface area is 115 Å². The van der Waals surface area contributed by atoms with E-state index in [9.17, 15) is 0 Å². The highest BCUT2D eigenvalue weighted by Crippen LogP contribution is 2.18. The fourth-order valence-electron chi connectivity index (χ4n) is 2.06. The highest BCUT2D eigenvalue weighted by atomic mass is 16.3. The molecule has 102 valence electrons. The van der Waals surface area contributed by atoms with Crippen molar-refractivity contribution in [1.29, 1.82) is 0 Å². The number of anilines is 1. The largest absolute Gasteiger partial charge is 0.469 e. The van der Waals surface area contributed by atoms with Crippen LogP contribution in [0.1, 0.15) is 23.8 Å². The highest BCUT2D eigenvalue weighted by Gasteiger charge is 2.06. The second-order valence-corrected chi connectivity index (χ2v) is 4.80. The average molecular weight is 258 g/mol. The predicted molar refractivity (Wildman–Crippen MR) is 79.4 cm³/mol. The minimum absolute atomic E-state index is 0.870. The Morgan fingerprint density at radius 3 is 2.47 bits per heavy atom. The van der Waals surface area contributed by atoms with E-state index in [1.807, 2.05) is 13.0 Å². The summed E-state index contributed by atoms with van der Waals surface area (Å²) in [4.78, 5) is 2.23. The molecule has 0 amide bonds. The third kappa shape index (κ3) is 3.61. The Kier molecular flexibility index (Phi) is 4.63. The predicted octanol–water partition coefficient (Wildman–Crippen LogP) is 3.33. The summed E-state index contributed by atoms with van der Waals surface area (Å²) >= 11 is 0. The molecule has 19 heavy (non-hydrogen) atoms. The molecule has 0 fully saturated rings. The van der Waals surface area contributed by atoms with Gasteiger partial charge in [-0.2, -0.15) is 0 Å². The molecule has 0 aliphatic carbocycles. The standard InChI is InChI=1S/C16H22N2O/c1-4-17-11-14-5-7-16(8-6-14)18(3)12-15-9-10-19-13(15)2/h5-10,17H,4,11-12H2,1-3H3. The van der Waals surface area contributed by atoms with Gasteiger partial charge < -0.3 is 14.6 Å². The quantitative estimate of drug-likeness (QED) is 0.861. The van der Waals surface area contributed by atoms with Gasteiger partial charge in [0, 0.05) is 31.4 Å². The average Bonchev–Trinajstić information content (AvgIpc) is 2.82. The van der Waals surface area contributed by atoms with Crippen LogP contribution >= 0.6 is 0 Å². The van der Waals surface area contributed by atoms with E-state index in [1.54, 1.807) is 6.26 Å². The van der Waals surface area contributed by atoms with Crippen LogP contribution in [0.3, 0.4) is 0 Å². The molecule has 0 saturated carbocycles. The fraction of sp³-hybridized carbons (Fsp3) is 0.375. The van der Waals surface area contributed by atoms with Gasteiger partial charge in [-0.05, 0) is 37.2 Å². The van der Waals surface area contributed by atoms with E-state index >= 15 is 0 Å². The van der Waals surface area contributed by atoms with Crippen molar-refractivity contribution in [2.45, 2.75) is 26.9 Å². The van der Waals surface area contributed by atoms with Gasteiger partial charge in [0.25, 0.3) is 0 Å². The maximum absolute atomic E-state index is 5.33. The van der Waals surface area contributed by atoms with Gasteiger partial charge in [0.15, 0.2) is 0 Å². The van der Waals surface area contributed by atoms with Crippen molar-refractivity contribution in [2.24, 2.45) is 0 Å². The van der Waals surface area contributed by atoms with Crippen LogP contribution < -0.4 is 10.2 Å². The van der Waals surface area contributed by atoms with Crippen molar-refractivity contribution in [1.82, 2.24) is 5.32 Å². The maximum Gasteiger partial charge on any atom is 0.105 e. The van der Waals surface area contributed by atoms with E-state index in [2.05, 4.69) is 48.5 Å². The van der Waals surface area contributed by atoms with E-state index < -0.39 is 0 Å². The minimum atomic E-state index is 0.870. The van der Waals surface area contributed by atoms with Crippen molar-refractivity contribution < 1.29 is 4.42 Å². The van der Waals surface area contributed by atoms with Crippen LogP contribution in [-0.2, 0) is 13.1 Å². The zero-order valence-electron chi connectivity index (χ0n) is 11.9. The van der Waals surface area contributed by atoms with E-state index in [0.717, 1.165) is 25.4 Å². The monoisotopic (exact) mass is 258 g/mol. The van der Waals surface area contributed by atoms with Crippen LogP contribution in [0, 0.1) is 6.92 Å². The Morgan fingerprint density at radius 1 is 1.16 bits per heavy atom. The molecule has 1 aromatic heterocycles. The number of nitrogens with zero attached hydrogens (tertiary/aromatic N) is 1. The third-order valence-corrected chi connectivity index (χ3v) is 3.33. The lowest BCUT2D eigenvalue weighted by molar-refractivity contribution is 0.529. The van der Waals surface area contributed by atoms with Crippen LogP contribution in [0.2, 0.25) is 0 Å². The summed E-state index contributed by atoms with van der Waals surface area (Å²) in [6.45, 7) is 6.93. The molecular weight excluding hydrogens is 236 g/mol. The van der Waals surface area contributed by atoms with Crippen LogP contribution in [0.5, 0.6) is 0 Å². The van der Waals surface area contributed by atoms with Crippen molar-refractivity contribution in [3.8, 4) is 0 Å². The van der Waals surface area contributed by atoms with Crippen molar-refractivity contribution in [3.63, 3.8) is 0 Å². The Balaban J connectivity index is 1.99. The summed E-state index contributed by atoms with van der Waals surface area (Å²) in [5.74, 6) is 0.996. The first-order chi connectivity index (χ1) is 9.20. The number of nitrogens with one attached hydrogen (secondary N) is 1. The maximum atomic E-state index is 5.33. The van der Waals surface area contributed by atoms with Gasteiger partial charge >= 0.3 is 0 Å². The number of furan rings is 1. The van der Waals surface area contributed by atoms with Gasteiger partial charge in [-0.15, -0.1) is 0 Å². The number of aryl methyl sites for hydroxylation is 1. The first kappa shape index (κ1) is 13.7. The van der Waals surface area contributed by atoms with Gasteiger partial charge in [-0.25, -0.2) is 0 Å². The summed E-state index contributed by atoms with van der Waals surface area (Å²) in [6, 6.07) is 10.7. The Bertz CT molecular complexity index is 502. The summed E-state index contributed by atoms with van der Waals surface area (Å²) in [5, 5.41) is 3.33. The molecule has 2 rings (SSSR count). The number of hydrogen-bond donors (Lipinski definition) is 1. The lowest BCUT2D eigenvalue weighted by atomic mass is 10.2. The molecule has 3 heteroatoms. The lowest BCUT2D eigenvalue weighted by Gasteiger charge is -2.19. The smallest absolute Gasteiger partial charge is 0.105 e. The molecule has 0 aliphatic heterocycles. The first-order valence-corrected chi connectivity index (χ1v) is 6.74. The van der Waals surface area contributed by atoms with Crippen molar-refractivity contribution >= 4 is 5.69 Å². The Hall–Kier alpha value is -1.74. The van der Waals surface area contributed by atoms with E-state index in [1.165, 1.54) is 16.8 Å². The summed E-state index contributed by atoms with van der Waals surface area (Å²) in [6.07, 6.45) is 1.75. The van der Waals surface area contributed by atoms with E-state index in [-0.39, 0.29) is 0 Å².